The van der Waals surface area contributed by atoms with Crippen molar-refractivity contribution in [3.8, 4) is 28.3 Å². The molecule has 3 aromatic heterocycles. The van der Waals surface area contributed by atoms with Crippen LogP contribution in [-0.4, -0.2) is 19.5 Å². The number of fused-ring (bicyclic) bond motifs is 6. The van der Waals surface area contributed by atoms with E-state index in [-0.39, 0.29) is 0 Å². The number of hydrogen-bond acceptors (Lipinski definition) is 3. The van der Waals surface area contributed by atoms with Crippen LogP contribution in [0.3, 0.4) is 0 Å². The number of pyridine rings is 2. The van der Waals surface area contributed by atoms with Crippen LogP contribution in [0.25, 0.3) is 82.7 Å². The van der Waals surface area contributed by atoms with Gasteiger partial charge in [-0.25, -0.2) is 9.97 Å². The first-order valence-corrected chi connectivity index (χ1v) is 14.4. The minimum atomic E-state index is 0.932. The van der Waals surface area contributed by atoms with E-state index in [9.17, 15) is 0 Å². The molecule has 0 fully saturated rings. The van der Waals surface area contributed by atoms with Gasteiger partial charge in [-0.1, -0.05) is 78.9 Å². The van der Waals surface area contributed by atoms with E-state index in [1.165, 1.54) is 21.5 Å². The molecule has 0 unspecified atom stereocenters. The second-order valence-corrected chi connectivity index (χ2v) is 11.0. The summed E-state index contributed by atoms with van der Waals surface area (Å²) in [7, 11) is 0. The third-order valence-corrected chi connectivity index (χ3v) is 8.38. The lowest BCUT2D eigenvalue weighted by molar-refractivity contribution is 1.10. The predicted molar refractivity (Wildman–Crippen MR) is 178 cm³/mol. The van der Waals surface area contributed by atoms with Crippen LogP contribution in [0.15, 0.2) is 146 Å². The van der Waals surface area contributed by atoms with E-state index in [0.717, 1.165) is 61.2 Å². The fourth-order valence-electron chi connectivity index (χ4n) is 6.26. The zero-order valence-electron chi connectivity index (χ0n) is 23.1. The van der Waals surface area contributed by atoms with E-state index in [4.69, 9.17) is 9.97 Å². The molecular weight excluding hydrogens is 524 g/mol. The first-order chi connectivity index (χ1) is 21.3. The fraction of sp³-hybridized carbons (Fsp3) is 0. The first kappa shape index (κ1) is 23.8. The number of nitrogens with zero attached hydrogens (tertiary/aromatic N) is 4. The molecule has 0 aliphatic heterocycles. The Labute approximate surface area is 247 Å². The molecule has 0 amide bonds. The summed E-state index contributed by atoms with van der Waals surface area (Å²) in [6, 6.07) is 49.0. The first-order valence-electron chi connectivity index (χ1n) is 14.4. The van der Waals surface area contributed by atoms with Crippen molar-refractivity contribution in [3.63, 3.8) is 0 Å². The third-order valence-electron chi connectivity index (χ3n) is 8.38. The van der Waals surface area contributed by atoms with Crippen LogP contribution in [0.1, 0.15) is 0 Å². The van der Waals surface area contributed by atoms with Crippen LogP contribution in [0.5, 0.6) is 0 Å². The summed E-state index contributed by atoms with van der Waals surface area (Å²) in [5, 5.41) is 7.13. The monoisotopic (exact) mass is 548 g/mol. The third kappa shape index (κ3) is 3.88. The number of aromatic nitrogens is 4. The highest BCUT2D eigenvalue weighted by Crippen LogP contribution is 2.33. The highest BCUT2D eigenvalue weighted by atomic mass is 15.1. The van der Waals surface area contributed by atoms with Crippen molar-refractivity contribution < 1.29 is 0 Å². The zero-order valence-corrected chi connectivity index (χ0v) is 23.1. The lowest BCUT2D eigenvalue weighted by atomic mass is 9.98. The van der Waals surface area contributed by atoms with Gasteiger partial charge in [0.2, 0.25) is 0 Å². The van der Waals surface area contributed by atoms with Crippen molar-refractivity contribution in [2.45, 2.75) is 0 Å². The maximum atomic E-state index is 5.10. The van der Waals surface area contributed by atoms with Crippen molar-refractivity contribution in [2.75, 3.05) is 0 Å². The molecule has 0 saturated carbocycles. The van der Waals surface area contributed by atoms with E-state index >= 15 is 0 Å². The van der Waals surface area contributed by atoms with Crippen molar-refractivity contribution in [2.24, 2.45) is 0 Å². The van der Waals surface area contributed by atoms with E-state index in [1.54, 1.807) is 0 Å². The smallest absolute Gasteiger partial charge is 0.145 e. The molecule has 200 valence electrons. The molecule has 0 aliphatic carbocycles. The molecule has 9 rings (SSSR count). The topological polar surface area (TPSA) is 43.6 Å². The molecule has 0 saturated heterocycles. The average Bonchev–Trinajstić information content (AvgIpc) is 3.46. The van der Waals surface area contributed by atoms with Gasteiger partial charge < -0.3 is 0 Å². The second kappa shape index (κ2) is 9.33. The minimum absolute atomic E-state index is 0.932. The van der Waals surface area contributed by atoms with Gasteiger partial charge in [0.1, 0.15) is 5.82 Å². The van der Waals surface area contributed by atoms with Crippen LogP contribution >= 0.6 is 0 Å². The number of imidazole rings is 1. The van der Waals surface area contributed by atoms with Crippen LogP contribution in [0.2, 0.25) is 0 Å². The summed E-state index contributed by atoms with van der Waals surface area (Å²) in [5.41, 5.74) is 8.26. The molecule has 4 nitrogen and oxygen atoms in total. The Balaban J connectivity index is 1.13. The maximum Gasteiger partial charge on any atom is 0.145 e. The molecule has 0 bridgehead atoms. The van der Waals surface area contributed by atoms with Gasteiger partial charge in [-0.2, -0.15) is 0 Å². The largest absolute Gasteiger partial charge is 0.292 e. The van der Waals surface area contributed by atoms with E-state index in [2.05, 4.69) is 131 Å². The predicted octanol–water partition coefficient (Wildman–Crippen LogP) is 9.76. The van der Waals surface area contributed by atoms with Crippen LogP contribution < -0.4 is 0 Å². The van der Waals surface area contributed by atoms with Crippen molar-refractivity contribution in [3.05, 3.63) is 146 Å². The van der Waals surface area contributed by atoms with E-state index < -0.39 is 0 Å². The molecule has 0 aliphatic rings. The van der Waals surface area contributed by atoms with E-state index in [1.807, 2.05) is 24.4 Å². The molecule has 0 radical (unpaired) electrons. The molecular formula is C39H24N4. The molecule has 0 atom stereocenters. The second-order valence-electron chi connectivity index (χ2n) is 11.0. The summed E-state index contributed by atoms with van der Waals surface area (Å²) in [6.07, 6.45) is 1.85. The molecule has 3 heterocycles. The van der Waals surface area contributed by atoms with Crippen molar-refractivity contribution in [1.82, 2.24) is 19.5 Å². The van der Waals surface area contributed by atoms with Crippen LogP contribution in [0.4, 0.5) is 0 Å². The summed E-state index contributed by atoms with van der Waals surface area (Å²) >= 11 is 0. The summed E-state index contributed by atoms with van der Waals surface area (Å²) in [4.78, 5) is 14.6. The normalized spacial score (nSPS) is 11.7. The quantitative estimate of drug-likeness (QED) is 0.163. The molecule has 6 aromatic carbocycles. The standard InChI is InChI=1S/C39H24N4/c1-2-7-26(8-3-1)39-42-35-10-4-5-11-38(35)43(39)31-17-14-25(15-18-31)34-19-16-30-22-33-28(24-37(30)41-34)13-12-27-23-36-29(21-32(27)33)9-6-20-40-36/h1-24H. The van der Waals surface area contributed by atoms with Gasteiger partial charge in [-0.3, -0.25) is 9.55 Å². The van der Waals surface area contributed by atoms with Gasteiger partial charge in [-0.15, -0.1) is 0 Å². The minimum Gasteiger partial charge on any atom is -0.292 e. The lowest BCUT2D eigenvalue weighted by Gasteiger charge is -2.11. The van der Waals surface area contributed by atoms with E-state index in [0.29, 0.717) is 0 Å². The van der Waals surface area contributed by atoms with Gasteiger partial charge in [0.25, 0.3) is 0 Å². The lowest BCUT2D eigenvalue weighted by Crippen LogP contribution is -1.97. The van der Waals surface area contributed by atoms with Gasteiger partial charge in [-0.05, 0) is 82.2 Å². The van der Waals surface area contributed by atoms with Crippen LogP contribution in [-0.2, 0) is 0 Å². The molecule has 43 heavy (non-hydrogen) atoms. The summed E-state index contributed by atoms with van der Waals surface area (Å²) < 4.78 is 2.23. The molecule has 0 N–H and O–H groups in total. The Morgan fingerprint density at radius 1 is 0.442 bits per heavy atom. The van der Waals surface area contributed by atoms with Crippen LogP contribution in [0, 0.1) is 0 Å². The highest BCUT2D eigenvalue weighted by molar-refractivity contribution is 6.14. The van der Waals surface area contributed by atoms with Gasteiger partial charge in [0.15, 0.2) is 0 Å². The summed E-state index contributed by atoms with van der Waals surface area (Å²) in [6.45, 7) is 0. The molecule has 0 spiro atoms. The van der Waals surface area contributed by atoms with Crippen molar-refractivity contribution >= 4 is 54.4 Å². The number of rotatable bonds is 3. The maximum absolute atomic E-state index is 5.10. The summed E-state index contributed by atoms with van der Waals surface area (Å²) in [5.74, 6) is 0.932. The fourth-order valence-corrected chi connectivity index (χ4v) is 6.26. The molecule has 4 heteroatoms. The van der Waals surface area contributed by atoms with Gasteiger partial charge >= 0.3 is 0 Å². The number of para-hydroxylation sites is 2. The Kier molecular flexibility index (Phi) is 5.16. The SMILES string of the molecule is c1ccc(-c2nc3ccccc3n2-c2ccc(-c3ccc4cc5c(ccc6cc7ncccc7cc65)cc4n3)cc2)cc1. The Morgan fingerprint density at radius 2 is 1.14 bits per heavy atom. The van der Waals surface area contributed by atoms with Gasteiger partial charge in [0, 0.05) is 33.8 Å². The Hall–Kier alpha value is -5.87. The number of benzene rings is 6. The average molecular weight is 549 g/mol. The van der Waals surface area contributed by atoms with Crippen molar-refractivity contribution in [1.29, 1.82) is 0 Å². The van der Waals surface area contributed by atoms with Gasteiger partial charge in [0.05, 0.1) is 27.8 Å². The molecule has 9 aromatic rings. The Bertz CT molecular complexity index is 2490. The zero-order chi connectivity index (χ0) is 28.3. The number of hydrogen-bond donors (Lipinski definition) is 0. The Morgan fingerprint density at radius 3 is 1.95 bits per heavy atom. The highest BCUT2D eigenvalue weighted by Gasteiger charge is 2.14.